The molecule has 2 amide bonds. The predicted octanol–water partition coefficient (Wildman–Crippen LogP) is 1.83. The standard InChI is InChI=1S/C19H25N5O2/c1-14(25)24(11-10-23(2)3)13-15-8-9-18(21-12-15)19(26)22-17-7-5-4-6-16(17)20/h4-9,12H,10-11,13,20H2,1-3H3,(H,22,26). The van der Waals surface area contributed by atoms with Crippen molar-refractivity contribution in [3.8, 4) is 0 Å². The minimum Gasteiger partial charge on any atom is -0.397 e. The second-order valence-electron chi connectivity index (χ2n) is 6.34. The lowest BCUT2D eigenvalue weighted by Crippen LogP contribution is -2.34. The predicted molar refractivity (Wildman–Crippen MR) is 103 cm³/mol. The van der Waals surface area contributed by atoms with Gasteiger partial charge in [0.05, 0.1) is 11.4 Å². The van der Waals surface area contributed by atoms with Crippen LogP contribution in [0.2, 0.25) is 0 Å². The SMILES string of the molecule is CC(=O)N(CCN(C)C)Cc1ccc(C(=O)Nc2ccccc2N)nc1. The lowest BCUT2D eigenvalue weighted by Gasteiger charge is -2.23. The van der Waals surface area contributed by atoms with E-state index in [1.54, 1.807) is 48.4 Å². The van der Waals surface area contributed by atoms with Gasteiger partial charge in [-0.15, -0.1) is 0 Å². The first-order chi connectivity index (χ1) is 12.4. The first-order valence-electron chi connectivity index (χ1n) is 8.38. The van der Waals surface area contributed by atoms with E-state index in [2.05, 4.69) is 10.3 Å². The summed E-state index contributed by atoms with van der Waals surface area (Å²) in [4.78, 5) is 32.1. The molecule has 1 aromatic carbocycles. The van der Waals surface area contributed by atoms with E-state index in [0.29, 0.717) is 30.2 Å². The molecule has 0 fully saturated rings. The van der Waals surface area contributed by atoms with Crippen molar-refractivity contribution < 1.29 is 9.59 Å². The molecule has 0 saturated carbocycles. The number of rotatable bonds is 7. The number of likely N-dealkylation sites (N-methyl/N-ethyl adjacent to an activating group) is 1. The Kier molecular flexibility index (Phi) is 6.68. The summed E-state index contributed by atoms with van der Waals surface area (Å²) in [5.74, 6) is -0.321. The number of nitrogen functional groups attached to an aromatic ring is 1. The van der Waals surface area contributed by atoms with Crippen LogP contribution in [0.15, 0.2) is 42.6 Å². The van der Waals surface area contributed by atoms with Crippen molar-refractivity contribution in [3.63, 3.8) is 0 Å². The monoisotopic (exact) mass is 355 g/mol. The van der Waals surface area contributed by atoms with Gasteiger partial charge in [0.25, 0.3) is 5.91 Å². The van der Waals surface area contributed by atoms with Crippen LogP contribution in [0, 0.1) is 0 Å². The van der Waals surface area contributed by atoms with Crippen LogP contribution in [0.4, 0.5) is 11.4 Å². The van der Waals surface area contributed by atoms with Crippen molar-refractivity contribution in [3.05, 3.63) is 53.9 Å². The molecule has 0 spiro atoms. The molecule has 0 radical (unpaired) electrons. The molecule has 0 saturated heterocycles. The van der Waals surface area contributed by atoms with Crippen LogP contribution >= 0.6 is 0 Å². The van der Waals surface area contributed by atoms with E-state index in [4.69, 9.17) is 5.73 Å². The summed E-state index contributed by atoms with van der Waals surface area (Å²) in [6.45, 7) is 3.43. The highest BCUT2D eigenvalue weighted by Gasteiger charge is 2.12. The second kappa shape index (κ2) is 8.96. The smallest absolute Gasteiger partial charge is 0.274 e. The Hall–Kier alpha value is -2.93. The number of benzene rings is 1. The maximum Gasteiger partial charge on any atom is 0.274 e. The summed E-state index contributed by atoms with van der Waals surface area (Å²) in [6.07, 6.45) is 1.62. The van der Waals surface area contributed by atoms with Crippen molar-refractivity contribution in [1.29, 1.82) is 0 Å². The zero-order valence-corrected chi connectivity index (χ0v) is 15.4. The third-order valence-corrected chi connectivity index (χ3v) is 3.90. The summed E-state index contributed by atoms with van der Waals surface area (Å²) in [7, 11) is 3.93. The summed E-state index contributed by atoms with van der Waals surface area (Å²) < 4.78 is 0. The van der Waals surface area contributed by atoms with Crippen LogP contribution in [-0.4, -0.2) is 53.8 Å². The van der Waals surface area contributed by atoms with Crippen LogP contribution < -0.4 is 11.1 Å². The van der Waals surface area contributed by atoms with Gasteiger partial charge < -0.3 is 20.9 Å². The van der Waals surface area contributed by atoms with E-state index in [0.717, 1.165) is 12.1 Å². The second-order valence-corrected chi connectivity index (χ2v) is 6.34. The number of nitrogens with zero attached hydrogens (tertiary/aromatic N) is 3. The summed E-state index contributed by atoms with van der Waals surface area (Å²) in [6, 6.07) is 10.5. The Labute approximate surface area is 153 Å². The highest BCUT2D eigenvalue weighted by molar-refractivity contribution is 6.04. The molecule has 0 aliphatic carbocycles. The zero-order valence-electron chi connectivity index (χ0n) is 15.4. The minimum atomic E-state index is -0.328. The van der Waals surface area contributed by atoms with E-state index in [1.165, 1.54) is 0 Å². The fraction of sp³-hybridized carbons (Fsp3) is 0.316. The molecule has 0 atom stereocenters. The Morgan fingerprint density at radius 1 is 1.12 bits per heavy atom. The van der Waals surface area contributed by atoms with Gasteiger partial charge in [0.2, 0.25) is 5.91 Å². The molecule has 0 bridgehead atoms. The van der Waals surface area contributed by atoms with Gasteiger partial charge in [-0.1, -0.05) is 18.2 Å². The number of carbonyl (C=O) groups is 2. The fourth-order valence-electron chi connectivity index (χ4n) is 2.34. The molecule has 1 heterocycles. The molecule has 7 heteroatoms. The van der Waals surface area contributed by atoms with Gasteiger partial charge >= 0.3 is 0 Å². The van der Waals surface area contributed by atoms with Crippen LogP contribution in [0.5, 0.6) is 0 Å². The van der Waals surface area contributed by atoms with Gasteiger partial charge in [-0.2, -0.15) is 0 Å². The molecule has 0 unspecified atom stereocenters. The number of hydrogen-bond donors (Lipinski definition) is 2. The van der Waals surface area contributed by atoms with Crippen LogP contribution in [-0.2, 0) is 11.3 Å². The molecule has 26 heavy (non-hydrogen) atoms. The number of pyridine rings is 1. The van der Waals surface area contributed by atoms with Gasteiger partial charge in [-0.05, 0) is 37.9 Å². The molecular weight excluding hydrogens is 330 g/mol. The number of aromatic nitrogens is 1. The van der Waals surface area contributed by atoms with Crippen LogP contribution in [0.3, 0.4) is 0 Å². The average molecular weight is 355 g/mol. The molecular formula is C19H25N5O2. The molecule has 2 aromatic rings. The fourth-order valence-corrected chi connectivity index (χ4v) is 2.34. The number of amides is 2. The highest BCUT2D eigenvalue weighted by Crippen LogP contribution is 2.17. The van der Waals surface area contributed by atoms with Gasteiger partial charge in [0.15, 0.2) is 0 Å². The topological polar surface area (TPSA) is 91.6 Å². The number of hydrogen-bond acceptors (Lipinski definition) is 5. The van der Waals surface area contributed by atoms with E-state index in [9.17, 15) is 9.59 Å². The van der Waals surface area contributed by atoms with Crippen molar-refractivity contribution >= 4 is 23.2 Å². The van der Waals surface area contributed by atoms with Crippen molar-refractivity contribution in [1.82, 2.24) is 14.8 Å². The van der Waals surface area contributed by atoms with Crippen molar-refractivity contribution in [2.45, 2.75) is 13.5 Å². The van der Waals surface area contributed by atoms with Gasteiger partial charge in [-0.3, -0.25) is 14.6 Å². The summed E-state index contributed by atoms with van der Waals surface area (Å²) in [5, 5.41) is 2.74. The minimum absolute atomic E-state index is 0.00761. The molecule has 3 N–H and O–H groups in total. The van der Waals surface area contributed by atoms with E-state index in [1.807, 2.05) is 25.1 Å². The number of nitrogens with two attached hydrogens (primary N) is 1. The van der Waals surface area contributed by atoms with Gasteiger partial charge in [-0.25, -0.2) is 0 Å². The van der Waals surface area contributed by atoms with E-state index in [-0.39, 0.29) is 11.8 Å². The largest absolute Gasteiger partial charge is 0.397 e. The Morgan fingerprint density at radius 3 is 2.42 bits per heavy atom. The lowest BCUT2D eigenvalue weighted by atomic mass is 10.2. The highest BCUT2D eigenvalue weighted by atomic mass is 16.2. The number of para-hydroxylation sites is 2. The third-order valence-electron chi connectivity index (χ3n) is 3.90. The molecule has 0 aliphatic rings. The third kappa shape index (κ3) is 5.56. The van der Waals surface area contributed by atoms with E-state index < -0.39 is 0 Å². The van der Waals surface area contributed by atoms with Crippen LogP contribution in [0.1, 0.15) is 23.0 Å². The van der Waals surface area contributed by atoms with Crippen molar-refractivity contribution in [2.75, 3.05) is 38.2 Å². The molecule has 2 rings (SSSR count). The van der Waals surface area contributed by atoms with Gasteiger partial charge in [0.1, 0.15) is 5.69 Å². The van der Waals surface area contributed by atoms with Gasteiger partial charge in [0, 0.05) is 32.8 Å². The normalized spacial score (nSPS) is 10.6. The average Bonchev–Trinajstić information content (AvgIpc) is 2.60. The van der Waals surface area contributed by atoms with Crippen LogP contribution in [0.25, 0.3) is 0 Å². The zero-order chi connectivity index (χ0) is 19.1. The van der Waals surface area contributed by atoms with E-state index >= 15 is 0 Å². The summed E-state index contributed by atoms with van der Waals surface area (Å²) >= 11 is 0. The molecule has 7 nitrogen and oxygen atoms in total. The molecule has 0 aliphatic heterocycles. The first kappa shape index (κ1) is 19.4. The number of carbonyl (C=O) groups excluding carboxylic acids is 2. The lowest BCUT2D eigenvalue weighted by molar-refractivity contribution is -0.129. The molecule has 138 valence electrons. The summed E-state index contributed by atoms with van der Waals surface area (Å²) in [5.41, 5.74) is 8.04. The maximum atomic E-state index is 12.3. The molecule has 1 aromatic heterocycles. The number of anilines is 2. The maximum absolute atomic E-state index is 12.3. The first-order valence-corrected chi connectivity index (χ1v) is 8.38. The number of nitrogens with one attached hydrogen (secondary N) is 1. The quantitative estimate of drug-likeness (QED) is 0.739. The Balaban J connectivity index is 2.01. The Bertz CT molecular complexity index is 759. The Morgan fingerprint density at radius 2 is 1.85 bits per heavy atom. The van der Waals surface area contributed by atoms with Crippen molar-refractivity contribution in [2.24, 2.45) is 0 Å².